The van der Waals surface area contributed by atoms with E-state index in [4.69, 9.17) is 14.7 Å². The Balaban J connectivity index is 0.000000151. The van der Waals surface area contributed by atoms with Gasteiger partial charge < -0.3 is 14.7 Å². The number of fused-ring (bicyclic) bond motifs is 4. The van der Waals surface area contributed by atoms with Gasteiger partial charge in [0, 0.05) is 5.39 Å². The third-order valence-electron chi connectivity index (χ3n) is 13.2. The summed E-state index contributed by atoms with van der Waals surface area (Å²) < 4.78 is 5.16. The van der Waals surface area contributed by atoms with Gasteiger partial charge in [0.05, 0.1) is 0 Å². The molecule has 0 aliphatic heterocycles. The first kappa shape index (κ1) is 33.4. The first-order chi connectivity index (χ1) is 23.1. The molecule has 4 aromatic rings. The molecule has 4 saturated carbocycles. The van der Waals surface area contributed by atoms with E-state index in [-0.39, 0.29) is 0 Å². The van der Waals surface area contributed by atoms with Crippen LogP contribution in [0, 0.1) is 0 Å². The van der Waals surface area contributed by atoms with Crippen molar-refractivity contribution in [2.24, 2.45) is 0 Å². The normalized spacial score (nSPS) is 21.4. The molecule has 0 amide bonds. The third-order valence-corrected chi connectivity index (χ3v) is 21.1. The van der Waals surface area contributed by atoms with E-state index in [1.54, 1.807) is 134 Å². The van der Waals surface area contributed by atoms with E-state index in [2.05, 4.69) is 30.3 Å². The van der Waals surface area contributed by atoms with Gasteiger partial charge in [0.25, 0.3) is 0 Å². The molecule has 4 fully saturated rings. The van der Waals surface area contributed by atoms with Crippen LogP contribution in [-0.2, 0) is 0 Å². The summed E-state index contributed by atoms with van der Waals surface area (Å²) >= 11 is 0. The van der Waals surface area contributed by atoms with Crippen LogP contribution in [0.25, 0.3) is 32.3 Å². The average molecular weight is 653 g/mol. The number of hydrogen-bond donors (Lipinski definition) is 2. The Morgan fingerprint density at radius 1 is 0.468 bits per heavy atom. The van der Waals surface area contributed by atoms with Crippen LogP contribution in [0.2, 0.25) is 0 Å². The first-order valence-corrected chi connectivity index (χ1v) is 21.8. The van der Waals surface area contributed by atoms with Crippen LogP contribution in [0.3, 0.4) is 0 Å². The van der Waals surface area contributed by atoms with Gasteiger partial charge >= 0.3 is 166 Å². The predicted octanol–water partition coefficient (Wildman–Crippen LogP) is 11.6. The molecular weight excluding hydrogens is 594 g/mol. The Bertz CT molecular complexity index is 1520. The Kier molecular flexibility index (Phi) is 11.1. The monoisotopic (exact) mass is 652 g/mol. The zero-order chi connectivity index (χ0) is 32.1. The SMILES string of the molecule is C1CCC([PH](C2CCCCC2)(C2CCCCC2)C2CCCCC2)CC1.OB(O)Oc1cccc2ccc3cc4ccccc4cc3c12. The van der Waals surface area contributed by atoms with Crippen molar-refractivity contribution in [2.75, 3.05) is 0 Å². The maximum atomic E-state index is 9.14. The summed E-state index contributed by atoms with van der Waals surface area (Å²) in [5.74, 6) is 0.466. The first-order valence-electron chi connectivity index (χ1n) is 19.5. The van der Waals surface area contributed by atoms with Gasteiger partial charge in [-0.1, -0.05) is 48.5 Å². The van der Waals surface area contributed by atoms with E-state index in [1.165, 1.54) is 28.0 Å². The topological polar surface area (TPSA) is 49.7 Å². The summed E-state index contributed by atoms with van der Waals surface area (Å²) in [4.78, 5) is 0. The Morgan fingerprint density at radius 2 is 0.894 bits per heavy atom. The summed E-state index contributed by atoms with van der Waals surface area (Å²) in [5.41, 5.74) is 4.98. The molecule has 4 aromatic carbocycles. The van der Waals surface area contributed by atoms with Crippen LogP contribution < -0.4 is 4.65 Å². The van der Waals surface area contributed by atoms with Gasteiger partial charge in [-0.3, -0.25) is 0 Å². The van der Waals surface area contributed by atoms with Gasteiger partial charge in [-0.2, -0.15) is 0 Å². The molecule has 8 rings (SSSR count). The van der Waals surface area contributed by atoms with Crippen molar-refractivity contribution < 1.29 is 14.7 Å². The van der Waals surface area contributed by atoms with Crippen LogP contribution in [0.5, 0.6) is 5.75 Å². The third kappa shape index (κ3) is 7.13. The van der Waals surface area contributed by atoms with Gasteiger partial charge in [-0.15, -0.1) is 0 Å². The number of rotatable bonds is 6. The second-order valence-electron chi connectivity index (χ2n) is 15.6. The molecule has 0 spiro atoms. The van der Waals surface area contributed by atoms with Crippen molar-refractivity contribution in [3.8, 4) is 5.75 Å². The minimum absolute atomic E-state index is 0.466. The molecular formula is C42H58BO3P. The van der Waals surface area contributed by atoms with Crippen molar-refractivity contribution in [3.05, 3.63) is 66.7 Å². The minimum atomic E-state index is -1.83. The van der Waals surface area contributed by atoms with Crippen molar-refractivity contribution in [3.63, 3.8) is 0 Å². The van der Waals surface area contributed by atoms with Gasteiger partial charge in [-0.05, 0) is 45.1 Å². The summed E-state index contributed by atoms with van der Waals surface area (Å²) in [5, 5.41) is 24.6. The number of benzene rings is 4. The van der Waals surface area contributed by atoms with E-state index < -0.39 is 14.6 Å². The Labute approximate surface area is 284 Å². The van der Waals surface area contributed by atoms with Crippen molar-refractivity contribution in [2.45, 2.75) is 151 Å². The van der Waals surface area contributed by atoms with Crippen molar-refractivity contribution in [1.29, 1.82) is 0 Å². The maximum Gasteiger partial charge on any atom is 0.707 e. The molecule has 3 nitrogen and oxygen atoms in total. The van der Waals surface area contributed by atoms with E-state index in [1.807, 2.05) is 30.3 Å². The van der Waals surface area contributed by atoms with E-state index in [0.717, 1.165) is 26.9 Å². The smallest absolute Gasteiger partial charge is 0.511 e. The molecule has 0 radical (unpaired) electrons. The number of hydrogen-bond acceptors (Lipinski definition) is 3. The van der Waals surface area contributed by atoms with Crippen LogP contribution >= 0.6 is 7.26 Å². The summed E-state index contributed by atoms with van der Waals surface area (Å²) in [6.07, 6.45) is 32.2. The molecule has 0 heterocycles. The standard InChI is InChI=1S/C24H45P.C18H13BO3/c1-5-13-21(14-6-1)25(22-15-7-2-8-16-22,23-17-9-3-10-18-23)24-19-11-4-12-20-24;20-19(21)22-17-7-3-6-12-8-9-15-10-13-4-1-2-5-14(13)11-16(15)18(12)17/h21-25H,1-20H2;1-11,20-21H. The molecule has 47 heavy (non-hydrogen) atoms. The fraction of sp³-hybridized carbons (Fsp3) is 0.571. The second kappa shape index (κ2) is 15.6. The zero-order valence-corrected chi connectivity index (χ0v) is 29.7. The predicted molar refractivity (Wildman–Crippen MR) is 206 cm³/mol. The van der Waals surface area contributed by atoms with Gasteiger partial charge in [-0.25, -0.2) is 0 Å². The molecule has 4 aliphatic rings. The molecule has 5 heteroatoms. The van der Waals surface area contributed by atoms with Crippen molar-refractivity contribution in [1.82, 2.24) is 0 Å². The summed E-state index contributed by atoms with van der Waals surface area (Å²) in [7, 11) is -3.02. The van der Waals surface area contributed by atoms with Crippen LogP contribution in [0.1, 0.15) is 128 Å². The van der Waals surface area contributed by atoms with Gasteiger partial charge in [0.1, 0.15) is 5.75 Å². The fourth-order valence-corrected chi connectivity index (χ4v) is 21.0. The average Bonchev–Trinajstić information content (AvgIpc) is 3.13. The minimum Gasteiger partial charge on any atom is -0.511 e. The van der Waals surface area contributed by atoms with E-state index in [9.17, 15) is 0 Å². The van der Waals surface area contributed by atoms with Crippen LogP contribution in [-0.4, -0.2) is 40.0 Å². The van der Waals surface area contributed by atoms with Crippen LogP contribution in [0.4, 0.5) is 0 Å². The summed E-state index contributed by atoms with van der Waals surface area (Å²) in [6, 6.07) is 22.1. The summed E-state index contributed by atoms with van der Waals surface area (Å²) in [6.45, 7) is 0. The molecule has 0 saturated heterocycles. The molecule has 0 atom stereocenters. The quantitative estimate of drug-likeness (QED) is 0.0943. The molecule has 0 unspecified atom stereocenters. The van der Waals surface area contributed by atoms with E-state index >= 15 is 0 Å². The van der Waals surface area contributed by atoms with E-state index in [0.29, 0.717) is 5.75 Å². The fourth-order valence-electron chi connectivity index (χ4n) is 11.4. The molecule has 252 valence electrons. The Morgan fingerprint density at radius 3 is 1.36 bits per heavy atom. The second-order valence-corrected chi connectivity index (χ2v) is 20.9. The van der Waals surface area contributed by atoms with Gasteiger partial charge in [0.2, 0.25) is 0 Å². The molecule has 0 bridgehead atoms. The zero-order valence-electron chi connectivity index (χ0n) is 28.7. The largest absolute Gasteiger partial charge is 0.707 e. The van der Waals surface area contributed by atoms with Crippen molar-refractivity contribution >= 4 is 46.9 Å². The molecule has 0 aromatic heterocycles. The Hall–Kier alpha value is -2.13. The molecule has 4 aliphatic carbocycles. The molecule has 2 N–H and O–H groups in total. The van der Waals surface area contributed by atoms with Gasteiger partial charge in [0.15, 0.2) is 0 Å². The van der Waals surface area contributed by atoms with Crippen LogP contribution in [0.15, 0.2) is 66.7 Å². The maximum absolute atomic E-state index is 9.14.